The highest BCUT2D eigenvalue weighted by atomic mass is 32.1. The van der Waals surface area contributed by atoms with Gasteiger partial charge in [-0.15, -0.1) is 11.3 Å². The van der Waals surface area contributed by atoms with Crippen molar-refractivity contribution in [2.45, 2.75) is 38.3 Å². The number of hydrogen-bond acceptors (Lipinski definition) is 5. The van der Waals surface area contributed by atoms with Crippen LogP contribution in [0.4, 0.5) is 0 Å². The molecule has 5 nitrogen and oxygen atoms in total. The average molecular weight is 421 g/mol. The van der Waals surface area contributed by atoms with Crippen LogP contribution in [0.15, 0.2) is 42.5 Å². The first-order chi connectivity index (χ1) is 14.6. The lowest BCUT2D eigenvalue weighted by Crippen LogP contribution is -2.28. The van der Waals surface area contributed by atoms with Gasteiger partial charge in [0.15, 0.2) is 0 Å². The molecule has 0 N–H and O–H groups in total. The predicted octanol–water partition coefficient (Wildman–Crippen LogP) is 5.01. The van der Waals surface area contributed by atoms with Crippen molar-refractivity contribution in [2.75, 3.05) is 13.7 Å². The molecular weight excluding hydrogens is 396 g/mol. The van der Waals surface area contributed by atoms with E-state index in [0.29, 0.717) is 0 Å². The molecule has 2 aromatic carbocycles. The average Bonchev–Trinajstić information content (AvgIpc) is 3.47. The summed E-state index contributed by atoms with van der Waals surface area (Å²) >= 11 is 1.68. The van der Waals surface area contributed by atoms with Crippen LogP contribution in [0, 0.1) is 0 Å². The molecule has 0 saturated carbocycles. The monoisotopic (exact) mass is 420 g/mol. The van der Waals surface area contributed by atoms with E-state index in [2.05, 4.69) is 13.0 Å². The smallest absolute Gasteiger partial charge is 0.247 e. The van der Waals surface area contributed by atoms with E-state index in [4.69, 9.17) is 14.5 Å². The summed E-state index contributed by atoms with van der Waals surface area (Å²) in [5.41, 5.74) is 3.01. The Kier molecular flexibility index (Phi) is 4.95. The summed E-state index contributed by atoms with van der Waals surface area (Å²) < 4.78 is 12.6. The molecule has 154 valence electrons. The van der Waals surface area contributed by atoms with Crippen molar-refractivity contribution in [2.24, 2.45) is 0 Å². The van der Waals surface area contributed by atoms with Gasteiger partial charge in [0.25, 0.3) is 0 Å². The summed E-state index contributed by atoms with van der Waals surface area (Å²) in [6.45, 7) is 2.81. The topological polar surface area (TPSA) is 51.7 Å². The molecule has 3 heterocycles. The summed E-state index contributed by atoms with van der Waals surface area (Å²) in [6, 6.07) is 12.2. The van der Waals surface area contributed by atoms with E-state index in [0.717, 1.165) is 59.0 Å². The Balaban J connectivity index is 1.38. The van der Waals surface area contributed by atoms with Gasteiger partial charge in [-0.05, 0) is 50.1 Å². The molecule has 2 aliphatic rings. The Morgan fingerprint density at radius 1 is 1.33 bits per heavy atom. The number of methoxy groups -OCH3 is 1. The minimum Gasteiger partial charge on any atom is -0.496 e. The van der Waals surface area contributed by atoms with E-state index in [-0.39, 0.29) is 18.1 Å². The van der Waals surface area contributed by atoms with Crippen LogP contribution in [0.5, 0.6) is 11.5 Å². The van der Waals surface area contributed by atoms with Crippen molar-refractivity contribution in [1.29, 1.82) is 0 Å². The lowest BCUT2D eigenvalue weighted by atomic mass is 10.1. The second-order valence-electron chi connectivity index (χ2n) is 7.88. The van der Waals surface area contributed by atoms with E-state index in [9.17, 15) is 4.79 Å². The van der Waals surface area contributed by atoms with Crippen LogP contribution in [-0.4, -0.2) is 35.5 Å². The van der Waals surface area contributed by atoms with Gasteiger partial charge in [-0.1, -0.05) is 12.1 Å². The number of nitrogens with zero attached hydrogens (tertiary/aromatic N) is 2. The highest BCUT2D eigenvalue weighted by molar-refractivity contribution is 7.18. The lowest BCUT2D eigenvalue weighted by molar-refractivity contribution is -0.126. The molecule has 1 saturated heterocycles. The molecule has 0 aliphatic carbocycles. The number of para-hydroxylation sites is 1. The number of aromatic nitrogens is 1. The maximum atomic E-state index is 13.0. The normalized spacial score (nSPS) is 20.7. The maximum absolute atomic E-state index is 13.0. The number of thiazole rings is 1. The van der Waals surface area contributed by atoms with Crippen molar-refractivity contribution in [1.82, 2.24) is 9.88 Å². The first kappa shape index (κ1) is 19.1. The van der Waals surface area contributed by atoms with Crippen molar-refractivity contribution >= 4 is 33.5 Å². The number of carbonyl (C=O) groups excluding carboxylic acids is 1. The molecule has 5 rings (SSSR count). The predicted molar refractivity (Wildman–Crippen MR) is 119 cm³/mol. The molecule has 2 aliphatic heterocycles. The second kappa shape index (κ2) is 7.76. The van der Waals surface area contributed by atoms with Gasteiger partial charge in [0.2, 0.25) is 5.91 Å². The zero-order chi connectivity index (χ0) is 20.7. The molecule has 2 atom stereocenters. The molecule has 0 radical (unpaired) electrons. The van der Waals surface area contributed by atoms with Crippen molar-refractivity contribution in [3.63, 3.8) is 0 Å². The first-order valence-corrected chi connectivity index (χ1v) is 11.2. The molecule has 1 amide bonds. The van der Waals surface area contributed by atoms with Crippen LogP contribution in [0.1, 0.15) is 41.9 Å². The third-order valence-electron chi connectivity index (χ3n) is 5.79. The number of hydrogen-bond donors (Lipinski definition) is 0. The highest BCUT2D eigenvalue weighted by Crippen LogP contribution is 2.38. The van der Waals surface area contributed by atoms with Crippen LogP contribution in [0.25, 0.3) is 16.3 Å². The Morgan fingerprint density at radius 3 is 3.03 bits per heavy atom. The standard InChI is InChI=1S/C24H24N2O3S/c1-15-12-17-14-20(28-2)16(13-21(17)29-15)9-10-23(27)26-11-5-7-19(26)24-25-18-6-3-4-8-22(18)30-24/h3-4,6,8-10,13-15,19H,5,7,11-12H2,1-2H3/b10-9+/t15-,19+/m0/s1. The van der Waals surface area contributed by atoms with Crippen molar-refractivity contribution < 1.29 is 14.3 Å². The van der Waals surface area contributed by atoms with E-state index < -0.39 is 0 Å². The minimum absolute atomic E-state index is 0.00796. The fraction of sp³-hybridized carbons (Fsp3) is 0.333. The number of fused-ring (bicyclic) bond motifs is 2. The number of benzene rings is 2. The van der Waals surface area contributed by atoms with E-state index in [1.54, 1.807) is 24.5 Å². The summed E-state index contributed by atoms with van der Waals surface area (Å²) in [7, 11) is 1.66. The molecule has 0 spiro atoms. The summed E-state index contributed by atoms with van der Waals surface area (Å²) in [6.07, 6.45) is 6.48. The number of carbonyl (C=O) groups is 1. The number of rotatable bonds is 4. The van der Waals surface area contributed by atoms with Gasteiger partial charge in [0.1, 0.15) is 22.6 Å². The van der Waals surface area contributed by atoms with Crippen molar-refractivity contribution in [3.8, 4) is 11.5 Å². The lowest BCUT2D eigenvalue weighted by Gasteiger charge is -2.21. The van der Waals surface area contributed by atoms with Gasteiger partial charge in [-0.25, -0.2) is 4.98 Å². The van der Waals surface area contributed by atoms with E-state index in [1.807, 2.05) is 41.3 Å². The zero-order valence-electron chi connectivity index (χ0n) is 17.1. The third-order valence-corrected chi connectivity index (χ3v) is 6.92. The molecular formula is C24H24N2O3S. The van der Waals surface area contributed by atoms with Crippen LogP contribution in [0.2, 0.25) is 0 Å². The summed E-state index contributed by atoms with van der Waals surface area (Å²) in [4.78, 5) is 19.8. The van der Waals surface area contributed by atoms with Gasteiger partial charge < -0.3 is 14.4 Å². The second-order valence-corrected chi connectivity index (χ2v) is 8.94. The molecule has 0 unspecified atom stereocenters. The van der Waals surface area contributed by atoms with Gasteiger partial charge in [-0.3, -0.25) is 4.79 Å². The third kappa shape index (κ3) is 3.45. The fourth-order valence-electron chi connectivity index (χ4n) is 4.34. The van der Waals surface area contributed by atoms with E-state index in [1.165, 1.54) is 4.70 Å². The SMILES string of the molecule is COc1cc2c(cc1/C=C/C(=O)N1CCC[C@@H]1c1nc3ccccc3s1)O[C@@H](C)C2. The Morgan fingerprint density at radius 2 is 2.20 bits per heavy atom. The Bertz CT molecular complexity index is 1100. The van der Waals surface area contributed by atoms with Gasteiger partial charge in [0, 0.05) is 30.2 Å². The number of ether oxygens (including phenoxy) is 2. The molecule has 0 bridgehead atoms. The van der Waals surface area contributed by atoms with Crippen LogP contribution >= 0.6 is 11.3 Å². The molecule has 6 heteroatoms. The molecule has 30 heavy (non-hydrogen) atoms. The van der Waals surface area contributed by atoms with Crippen LogP contribution < -0.4 is 9.47 Å². The molecule has 1 aromatic heterocycles. The van der Waals surface area contributed by atoms with Gasteiger partial charge >= 0.3 is 0 Å². The maximum Gasteiger partial charge on any atom is 0.247 e. The van der Waals surface area contributed by atoms with Gasteiger partial charge in [-0.2, -0.15) is 0 Å². The van der Waals surface area contributed by atoms with Crippen LogP contribution in [-0.2, 0) is 11.2 Å². The highest BCUT2D eigenvalue weighted by Gasteiger charge is 2.31. The van der Waals surface area contributed by atoms with Crippen LogP contribution in [0.3, 0.4) is 0 Å². The summed E-state index contributed by atoms with van der Waals surface area (Å²) in [5.74, 6) is 1.65. The van der Waals surface area contributed by atoms with Gasteiger partial charge in [0.05, 0.1) is 23.4 Å². The Labute approximate surface area is 179 Å². The molecule has 3 aromatic rings. The number of likely N-dealkylation sites (tertiary alicyclic amines) is 1. The first-order valence-electron chi connectivity index (χ1n) is 10.3. The number of amides is 1. The molecule has 1 fully saturated rings. The van der Waals surface area contributed by atoms with Crippen molar-refractivity contribution in [3.05, 3.63) is 58.6 Å². The zero-order valence-corrected chi connectivity index (χ0v) is 17.9. The Hall–Kier alpha value is -2.86. The summed E-state index contributed by atoms with van der Waals surface area (Å²) in [5, 5.41) is 1.02. The minimum atomic E-state index is 0.00796. The van der Waals surface area contributed by atoms with E-state index >= 15 is 0 Å². The quantitative estimate of drug-likeness (QED) is 0.557. The fourth-order valence-corrected chi connectivity index (χ4v) is 5.45. The largest absolute Gasteiger partial charge is 0.496 e.